The van der Waals surface area contributed by atoms with Gasteiger partial charge in [0.2, 0.25) is 0 Å². The van der Waals surface area contributed by atoms with Crippen LogP contribution in [0.2, 0.25) is 5.02 Å². The van der Waals surface area contributed by atoms with Gasteiger partial charge in [-0.1, -0.05) is 29.8 Å². The van der Waals surface area contributed by atoms with Gasteiger partial charge < -0.3 is 10.2 Å². The molecular weight excluding hydrogens is 288 g/mol. The molecule has 0 bridgehead atoms. The van der Waals surface area contributed by atoms with E-state index in [1.54, 1.807) is 12.1 Å². The number of hydrogen-bond acceptors (Lipinski definition) is 3. The Morgan fingerprint density at radius 2 is 1.86 bits per heavy atom. The molecule has 106 valence electrons. The second-order valence-electron chi connectivity index (χ2n) is 4.71. The lowest BCUT2D eigenvalue weighted by Crippen LogP contribution is -2.16. The zero-order valence-corrected chi connectivity index (χ0v) is 12.1. The van der Waals surface area contributed by atoms with Crippen LogP contribution in [0.15, 0.2) is 42.5 Å². The van der Waals surface area contributed by atoms with E-state index in [4.69, 9.17) is 11.6 Å². The van der Waals surface area contributed by atoms with Crippen LogP contribution in [0.1, 0.15) is 17.3 Å². The second-order valence-corrected chi connectivity index (χ2v) is 5.12. The molecule has 0 spiro atoms. The molecule has 21 heavy (non-hydrogen) atoms. The highest BCUT2D eigenvalue weighted by atomic mass is 35.5. The first-order chi connectivity index (χ1) is 10.1. The van der Waals surface area contributed by atoms with Gasteiger partial charge in [0.25, 0.3) is 11.7 Å². The Bertz CT molecular complexity index is 729. The molecule has 0 radical (unpaired) electrons. The van der Waals surface area contributed by atoms with Crippen LogP contribution < -0.4 is 10.2 Å². The van der Waals surface area contributed by atoms with Gasteiger partial charge in [-0.05, 0) is 31.2 Å². The molecule has 1 heterocycles. The molecule has 0 saturated carbocycles. The topological polar surface area (TPSA) is 49.4 Å². The summed E-state index contributed by atoms with van der Waals surface area (Å²) in [7, 11) is 0. The standard InChI is InChI=1S/C16H13ClN2O2/c1-2-19(10-6-4-3-5-7-10)14-9-13-11(8-12(14)17)15(20)16(21)18-13/h3-9H,2H2,1H3,(H,18,20,21). The van der Waals surface area contributed by atoms with Crippen LogP contribution in [0.3, 0.4) is 0 Å². The van der Waals surface area contributed by atoms with Crippen molar-refractivity contribution in [2.75, 3.05) is 16.8 Å². The number of ketones is 1. The van der Waals surface area contributed by atoms with E-state index < -0.39 is 11.7 Å². The molecule has 0 aromatic heterocycles. The molecule has 1 aliphatic heterocycles. The van der Waals surface area contributed by atoms with Crippen molar-refractivity contribution in [3.63, 3.8) is 0 Å². The van der Waals surface area contributed by atoms with Crippen molar-refractivity contribution in [3.8, 4) is 0 Å². The van der Waals surface area contributed by atoms with Crippen LogP contribution in [0.5, 0.6) is 0 Å². The summed E-state index contributed by atoms with van der Waals surface area (Å²) in [6, 6.07) is 13.1. The number of nitrogens with one attached hydrogen (secondary N) is 1. The van der Waals surface area contributed by atoms with Crippen molar-refractivity contribution in [3.05, 3.63) is 53.1 Å². The number of hydrogen-bond donors (Lipinski definition) is 1. The molecule has 0 fully saturated rings. The normalized spacial score (nSPS) is 13.0. The quantitative estimate of drug-likeness (QED) is 0.881. The summed E-state index contributed by atoms with van der Waals surface area (Å²) in [5.41, 5.74) is 2.60. The average Bonchev–Trinajstić information content (AvgIpc) is 2.76. The van der Waals surface area contributed by atoms with E-state index in [1.807, 2.05) is 42.2 Å². The maximum atomic E-state index is 11.7. The van der Waals surface area contributed by atoms with Crippen molar-refractivity contribution in [1.82, 2.24) is 0 Å². The highest BCUT2D eigenvalue weighted by Gasteiger charge is 2.29. The fourth-order valence-corrected chi connectivity index (χ4v) is 2.73. The first-order valence-corrected chi connectivity index (χ1v) is 7.01. The molecule has 2 aromatic carbocycles. The lowest BCUT2D eigenvalue weighted by Gasteiger charge is -2.25. The van der Waals surface area contributed by atoms with E-state index >= 15 is 0 Å². The third kappa shape index (κ3) is 2.28. The third-order valence-electron chi connectivity index (χ3n) is 3.46. The fourth-order valence-electron chi connectivity index (χ4n) is 2.46. The summed E-state index contributed by atoms with van der Waals surface area (Å²) < 4.78 is 0. The van der Waals surface area contributed by atoms with Crippen molar-refractivity contribution in [2.45, 2.75) is 6.92 Å². The van der Waals surface area contributed by atoms with Gasteiger partial charge in [-0.15, -0.1) is 0 Å². The summed E-state index contributed by atoms with van der Waals surface area (Å²) in [5, 5.41) is 3.02. The van der Waals surface area contributed by atoms with Crippen molar-refractivity contribution >= 4 is 40.4 Å². The first-order valence-electron chi connectivity index (χ1n) is 6.63. The summed E-state index contributed by atoms with van der Waals surface area (Å²) in [6.45, 7) is 2.73. The predicted octanol–water partition coefficient (Wildman–Crippen LogP) is 3.63. The number of fused-ring (bicyclic) bond motifs is 1. The number of amides is 1. The molecule has 0 saturated heterocycles. The molecule has 0 aliphatic carbocycles. The second kappa shape index (κ2) is 5.22. The average molecular weight is 301 g/mol. The van der Waals surface area contributed by atoms with E-state index in [2.05, 4.69) is 5.32 Å². The zero-order chi connectivity index (χ0) is 15.0. The smallest absolute Gasteiger partial charge is 0.296 e. The summed E-state index contributed by atoms with van der Waals surface area (Å²) in [4.78, 5) is 25.2. The lowest BCUT2D eigenvalue weighted by molar-refractivity contribution is -0.112. The third-order valence-corrected chi connectivity index (χ3v) is 3.76. The van der Waals surface area contributed by atoms with E-state index in [-0.39, 0.29) is 0 Å². The molecular formula is C16H13ClN2O2. The van der Waals surface area contributed by atoms with Crippen LogP contribution in [-0.2, 0) is 4.79 Å². The maximum Gasteiger partial charge on any atom is 0.296 e. The summed E-state index contributed by atoms with van der Waals surface area (Å²) in [5.74, 6) is -1.15. The van der Waals surface area contributed by atoms with Crippen LogP contribution in [0.25, 0.3) is 0 Å². The largest absolute Gasteiger partial charge is 0.340 e. The molecule has 4 nitrogen and oxygen atoms in total. The van der Waals surface area contributed by atoms with Crippen LogP contribution in [0.4, 0.5) is 17.1 Å². The Kier molecular flexibility index (Phi) is 3.39. The Morgan fingerprint density at radius 3 is 2.52 bits per heavy atom. The molecule has 1 N–H and O–H groups in total. The Labute approximate surface area is 127 Å². The lowest BCUT2D eigenvalue weighted by atomic mass is 10.1. The highest BCUT2D eigenvalue weighted by molar-refractivity contribution is 6.52. The summed E-state index contributed by atoms with van der Waals surface area (Å²) in [6.07, 6.45) is 0. The van der Waals surface area contributed by atoms with Crippen LogP contribution in [0, 0.1) is 0 Å². The number of anilines is 3. The van der Waals surface area contributed by atoms with Gasteiger partial charge in [0.15, 0.2) is 0 Å². The minimum Gasteiger partial charge on any atom is -0.340 e. The van der Waals surface area contributed by atoms with Gasteiger partial charge >= 0.3 is 0 Å². The number of carbonyl (C=O) groups excluding carboxylic acids is 2. The number of rotatable bonds is 3. The van der Waals surface area contributed by atoms with Gasteiger partial charge in [0.1, 0.15) is 0 Å². The van der Waals surface area contributed by atoms with Gasteiger partial charge in [-0.25, -0.2) is 0 Å². The molecule has 0 atom stereocenters. The SMILES string of the molecule is CCN(c1ccccc1)c1cc2c(cc1Cl)C(=O)C(=O)N2. The predicted molar refractivity (Wildman–Crippen MR) is 83.5 cm³/mol. The van der Waals surface area contributed by atoms with Crippen molar-refractivity contribution in [1.29, 1.82) is 0 Å². The summed E-state index contributed by atoms with van der Waals surface area (Å²) >= 11 is 6.31. The maximum absolute atomic E-state index is 11.7. The van der Waals surface area contributed by atoms with E-state index in [1.165, 1.54) is 0 Å². The molecule has 1 amide bonds. The Morgan fingerprint density at radius 1 is 1.14 bits per heavy atom. The van der Waals surface area contributed by atoms with Crippen molar-refractivity contribution < 1.29 is 9.59 Å². The first kappa shape index (κ1) is 13.6. The van der Waals surface area contributed by atoms with E-state index in [9.17, 15) is 9.59 Å². The number of benzene rings is 2. The van der Waals surface area contributed by atoms with Crippen molar-refractivity contribution in [2.24, 2.45) is 0 Å². The number of halogens is 1. The molecule has 3 rings (SSSR count). The van der Waals surface area contributed by atoms with Crippen LogP contribution in [-0.4, -0.2) is 18.2 Å². The molecule has 2 aromatic rings. The monoisotopic (exact) mass is 300 g/mol. The molecule has 1 aliphatic rings. The molecule has 0 unspecified atom stereocenters. The number of carbonyl (C=O) groups is 2. The van der Waals surface area contributed by atoms with Gasteiger partial charge in [-0.2, -0.15) is 0 Å². The van der Waals surface area contributed by atoms with E-state index in [0.717, 1.165) is 11.4 Å². The number of nitrogens with zero attached hydrogens (tertiary/aromatic N) is 1. The molecule has 5 heteroatoms. The zero-order valence-electron chi connectivity index (χ0n) is 11.4. The Balaban J connectivity index is 2.09. The minimum absolute atomic E-state index is 0.331. The minimum atomic E-state index is -0.610. The van der Waals surface area contributed by atoms with Gasteiger partial charge in [-0.3, -0.25) is 9.59 Å². The van der Waals surface area contributed by atoms with Crippen LogP contribution >= 0.6 is 11.6 Å². The highest BCUT2D eigenvalue weighted by Crippen LogP contribution is 2.37. The fraction of sp³-hybridized carbons (Fsp3) is 0.125. The van der Waals surface area contributed by atoms with Gasteiger partial charge in [0.05, 0.1) is 22.0 Å². The van der Waals surface area contributed by atoms with Gasteiger partial charge in [0, 0.05) is 12.2 Å². The number of para-hydroxylation sites is 1. The van der Waals surface area contributed by atoms with E-state index in [0.29, 0.717) is 22.8 Å². The number of Topliss-reactive ketones (excluding diaryl/α,β-unsaturated/α-hetero) is 1. The Hall–Kier alpha value is -2.33.